The van der Waals surface area contributed by atoms with E-state index in [0.717, 1.165) is 49.4 Å². The molecule has 3 rings (SSSR count). The van der Waals surface area contributed by atoms with Crippen molar-refractivity contribution < 1.29 is 4.79 Å². The third-order valence-corrected chi connectivity index (χ3v) is 4.03. The largest absolute Gasteiger partial charge is 0.337 e. The Morgan fingerprint density at radius 2 is 1.95 bits per heavy atom. The normalized spacial score (nSPS) is 16.4. The third-order valence-electron chi connectivity index (χ3n) is 4.03. The van der Waals surface area contributed by atoms with Crippen LogP contribution in [0.3, 0.4) is 0 Å². The maximum atomic E-state index is 12.9. The van der Waals surface area contributed by atoms with Crippen molar-refractivity contribution in [1.29, 1.82) is 0 Å². The number of aromatic nitrogens is 2. The van der Waals surface area contributed by atoms with Crippen molar-refractivity contribution in [3.05, 3.63) is 35.8 Å². The minimum atomic E-state index is 0.141. The number of hydrogen-bond acceptors (Lipinski definition) is 2. The van der Waals surface area contributed by atoms with E-state index < -0.39 is 0 Å². The molecule has 0 saturated carbocycles. The molecule has 4 nitrogen and oxygen atoms in total. The summed E-state index contributed by atoms with van der Waals surface area (Å²) in [5, 5.41) is 0. The Hall–Kier alpha value is -1.84. The quantitative estimate of drug-likeness (QED) is 0.842. The molecule has 0 aliphatic carbocycles. The Morgan fingerprint density at radius 1 is 1.20 bits per heavy atom. The molecule has 1 aliphatic heterocycles. The summed E-state index contributed by atoms with van der Waals surface area (Å²) in [4.78, 5) is 19.5. The summed E-state index contributed by atoms with van der Waals surface area (Å²) in [6.45, 7) is 3.81. The second-order valence-corrected chi connectivity index (χ2v) is 5.40. The van der Waals surface area contributed by atoms with Crippen molar-refractivity contribution in [3.8, 4) is 0 Å². The lowest BCUT2D eigenvalue weighted by Gasteiger charge is -2.20. The highest BCUT2D eigenvalue weighted by Crippen LogP contribution is 2.18. The zero-order valence-electron chi connectivity index (χ0n) is 12.0. The Labute approximate surface area is 119 Å². The van der Waals surface area contributed by atoms with Gasteiger partial charge in [0, 0.05) is 19.3 Å². The van der Waals surface area contributed by atoms with E-state index in [-0.39, 0.29) is 5.91 Å². The van der Waals surface area contributed by atoms with Crippen LogP contribution < -0.4 is 0 Å². The van der Waals surface area contributed by atoms with Gasteiger partial charge in [0.15, 0.2) is 0 Å². The fraction of sp³-hybridized carbons (Fsp3) is 0.500. The number of amides is 1. The number of hydrogen-bond donors (Lipinski definition) is 0. The van der Waals surface area contributed by atoms with Gasteiger partial charge >= 0.3 is 0 Å². The average Bonchev–Trinajstić information content (AvgIpc) is 2.65. The lowest BCUT2D eigenvalue weighted by molar-refractivity contribution is 0.0753. The van der Waals surface area contributed by atoms with E-state index in [2.05, 4.69) is 11.9 Å². The van der Waals surface area contributed by atoms with Gasteiger partial charge in [0.25, 0.3) is 5.91 Å². The van der Waals surface area contributed by atoms with Crippen LogP contribution in [0.2, 0.25) is 0 Å². The van der Waals surface area contributed by atoms with Crippen LogP contribution in [0.15, 0.2) is 24.4 Å². The zero-order chi connectivity index (χ0) is 13.9. The fourth-order valence-corrected chi connectivity index (χ4v) is 2.94. The molecule has 3 heterocycles. The van der Waals surface area contributed by atoms with Crippen molar-refractivity contribution in [2.75, 3.05) is 13.1 Å². The van der Waals surface area contributed by atoms with E-state index >= 15 is 0 Å². The lowest BCUT2D eigenvalue weighted by Crippen LogP contribution is -2.33. The van der Waals surface area contributed by atoms with E-state index in [9.17, 15) is 4.79 Å². The highest BCUT2D eigenvalue weighted by Gasteiger charge is 2.23. The van der Waals surface area contributed by atoms with Crippen LogP contribution in [0.4, 0.5) is 0 Å². The molecule has 1 fully saturated rings. The summed E-state index contributed by atoms with van der Waals surface area (Å²) < 4.78 is 1.94. The summed E-state index contributed by atoms with van der Waals surface area (Å²) in [7, 11) is 0. The molecule has 0 bridgehead atoms. The SMILES string of the molecule is CCc1nc2ccccn2c1C(=O)N1CCCCCC1. The van der Waals surface area contributed by atoms with Crippen molar-refractivity contribution in [1.82, 2.24) is 14.3 Å². The summed E-state index contributed by atoms with van der Waals surface area (Å²) >= 11 is 0. The number of rotatable bonds is 2. The van der Waals surface area contributed by atoms with Gasteiger partial charge in [-0.2, -0.15) is 0 Å². The van der Waals surface area contributed by atoms with Gasteiger partial charge in [-0.3, -0.25) is 9.20 Å². The van der Waals surface area contributed by atoms with E-state index in [4.69, 9.17) is 0 Å². The second-order valence-electron chi connectivity index (χ2n) is 5.40. The molecule has 106 valence electrons. The van der Waals surface area contributed by atoms with Gasteiger partial charge in [0.05, 0.1) is 5.69 Å². The molecule has 1 amide bonds. The summed E-state index contributed by atoms with van der Waals surface area (Å²) in [6.07, 6.45) is 7.42. The molecule has 2 aromatic rings. The first-order chi connectivity index (χ1) is 9.81. The number of fused-ring (bicyclic) bond motifs is 1. The highest BCUT2D eigenvalue weighted by atomic mass is 16.2. The van der Waals surface area contributed by atoms with Crippen molar-refractivity contribution in [2.24, 2.45) is 0 Å². The van der Waals surface area contributed by atoms with Gasteiger partial charge in [0.1, 0.15) is 11.3 Å². The molecule has 4 heteroatoms. The number of aryl methyl sites for hydroxylation is 1. The lowest BCUT2D eigenvalue weighted by atomic mass is 10.2. The van der Waals surface area contributed by atoms with E-state index in [1.165, 1.54) is 12.8 Å². The first-order valence-electron chi connectivity index (χ1n) is 7.56. The molecule has 0 radical (unpaired) electrons. The summed E-state index contributed by atoms with van der Waals surface area (Å²) in [5.41, 5.74) is 2.53. The van der Waals surface area contributed by atoms with Gasteiger partial charge < -0.3 is 4.90 Å². The topological polar surface area (TPSA) is 37.6 Å². The van der Waals surface area contributed by atoms with Gasteiger partial charge in [-0.25, -0.2) is 4.98 Å². The van der Waals surface area contributed by atoms with Crippen molar-refractivity contribution in [3.63, 3.8) is 0 Å². The first-order valence-corrected chi connectivity index (χ1v) is 7.56. The monoisotopic (exact) mass is 271 g/mol. The molecule has 0 N–H and O–H groups in total. The predicted octanol–water partition coefficient (Wildman–Crippen LogP) is 2.91. The Kier molecular flexibility index (Phi) is 3.72. The van der Waals surface area contributed by atoms with Gasteiger partial charge in [0.2, 0.25) is 0 Å². The molecule has 1 saturated heterocycles. The molecule has 0 aromatic carbocycles. The van der Waals surface area contributed by atoms with Crippen LogP contribution in [0.25, 0.3) is 5.65 Å². The maximum absolute atomic E-state index is 12.9. The molecule has 0 unspecified atom stereocenters. The van der Waals surface area contributed by atoms with Crippen molar-refractivity contribution in [2.45, 2.75) is 39.0 Å². The summed E-state index contributed by atoms with van der Waals surface area (Å²) in [6, 6.07) is 5.87. The number of carbonyl (C=O) groups excluding carboxylic acids is 1. The first kappa shape index (κ1) is 13.2. The van der Waals surface area contributed by atoms with Crippen molar-refractivity contribution >= 4 is 11.6 Å². The van der Waals surface area contributed by atoms with E-state index in [1.54, 1.807) is 0 Å². The summed E-state index contributed by atoms with van der Waals surface area (Å²) in [5.74, 6) is 0.141. The molecular weight excluding hydrogens is 250 g/mol. The molecule has 0 atom stereocenters. The Bertz CT molecular complexity index is 609. The Balaban J connectivity index is 2.01. The standard InChI is InChI=1S/C16H21N3O/c1-2-13-15(19-12-8-5-9-14(19)17-13)16(20)18-10-6-3-4-7-11-18/h5,8-9,12H,2-4,6-7,10-11H2,1H3. The average molecular weight is 271 g/mol. The van der Waals surface area contributed by atoms with Gasteiger partial charge in [-0.1, -0.05) is 25.8 Å². The van der Waals surface area contributed by atoms with Gasteiger partial charge in [-0.05, 0) is 31.4 Å². The minimum Gasteiger partial charge on any atom is -0.337 e. The molecule has 0 spiro atoms. The van der Waals surface area contributed by atoms with E-state index in [0.29, 0.717) is 0 Å². The predicted molar refractivity (Wildman–Crippen MR) is 78.9 cm³/mol. The molecule has 20 heavy (non-hydrogen) atoms. The number of carbonyl (C=O) groups is 1. The number of nitrogens with zero attached hydrogens (tertiary/aromatic N) is 3. The molecule has 2 aromatic heterocycles. The van der Waals surface area contributed by atoms with Crippen LogP contribution in [0.5, 0.6) is 0 Å². The third kappa shape index (κ3) is 2.30. The van der Waals surface area contributed by atoms with E-state index in [1.807, 2.05) is 33.7 Å². The maximum Gasteiger partial charge on any atom is 0.272 e. The smallest absolute Gasteiger partial charge is 0.272 e. The number of likely N-dealkylation sites (tertiary alicyclic amines) is 1. The van der Waals surface area contributed by atoms with Crippen LogP contribution in [-0.2, 0) is 6.42 Å². The Morgan fingerprint density at radius 3 is 2.65 bits per heavy atom. The van der Waals surface area contributed by atoms with Crippen LogP contribution in [0, 0.1) is 0 Å². The fourth-order valence-electron chi connectivity index (χ4n) is 2.94. The zero-order valence-corrected chi connectivity index (χ0v) is 12.0. The minimum absolute atomic E-state index is 0.141. The molecule has 1 aliphatic rings. The number of imidazole rings is 1. The number of pyridine rings is 1. The van der Waals surface area contributed by atoms with Crippen LogP contribution >= 0.6 is 0 Å². The highest BCUT2D eigenvalue weighted by molar-refractivity contribution is 5.94. The van der Waals surface area contributed by atoms with Gasteiger partial charge in [-0.15, -0.1) is 0 Å². The second kappa shape index (κ2) is 5.65. The van der Waals surface area contributed by atoms with Crippen LogP contribution in [-0.4, -0.2) is 33.3 Å². The van der Waals surface area contributed by atoms with Crippen LogP contribution in [0.1, 0.15) is 48.8 Å². The molecular formula is C16H21N3O.